The first-order chi connectivity index (χ1) is 3.33. The van der Waals surface area contributed by atoms with Gasteiger partial charge in [0.1, 0.15) is 6.29 Å². The molecule has 0 bridgehead atoms. The fourth-order valence-corrected chi connectivity index (χ4v) is 0. The van der Waals surface area contributed by atoms with Crippen LogP contribution in [0.25, 0.3) is 0 Å². The summed E-state index contributed by atoms with van der Waals surface area (Å²) in [5.74, 6) is 0. The average molecular weight is 167 g/mol. The van der Waals surface area contributed by atoms with E-state index in [0.29, 0.717) is 5.33 Å². The minimum atomic E-state index is 0.451. The smallest absolute Gasteiger partial charge is 0.130 e. The standard InChI is InChI=1S/C3H8.C2H3BrO/c1-3-2;3-1-2-4/h3H2,1-2H3;2H,1H2. The van der Waals surface area contributed by atoms with E-state index in [-0.39, 0.29) is 0 Å². The monoisotopic (exact) mass is 166 g/mol. The molecule has 44 valence electrons. The van der Waals surface area contributed by atoms with Gasteiger partial charge in [0, 0.05) is 0 Å². The minimum absolute atomic E-state index is 0.451. The van der Waals surface area contributed by atoms with Crippen LogP contribution in [0, 0.1) is 0 Å². The molecule has 0 fully saturated rings. The van der Waals surface area contributed by atoms with Crippen molar-refractivity contribution in [3.8, 4) is 0 Å². The minimum Gasteiger partial charge on any atom is -0.302 e. The zero-order valence-electron chi connectivity index (χ0n) is 4.78. The van der Waals surface area contributed by atoms with Crippen molar-refractivity contribution in [2.75, 3.05) is 5.33 Å². The number of carbonyl (C=O) groups is 1. The fraction of sp³-hybridized carbons (Fsp3) is 0.800. The van der Waals surface area contributed by atoms with E-state index in [9.17, 15) is 0 Å². The molecule has 0 atom stereocenters. The second-order valence-corrected chi connectivity index (χ2v) is 1.68. The van der Waals surface area contributed by atoms with Crippen molar-refractivity contribution >= 4 is 22.2 Å². The van der Waals surface area contributed by atoms with Gasteiger partial charge >= 0.3 is 0 Å². The van der Waals surface area contributed by atoms with Crippen LogP contribution in [0.1, 0.15) is 20.3 Å². The maximum atomic E-state index is 9.13. The Labute approximate surface area is 53.2 Å². The van der Waals surface area contributed by atoms with Crippen molar-refractivity contribution in [3.63, 3.8) is 0 Å². The summed E-state index contributed by atoms with van der Waals surface area (Å²) in [5.41, 5.74) is 0. The molecule has 0 unspecified atom stereocenters. The first-order valence-electron chi connectivity index (χ1n) is 2.33. The highest BCUT2D eigenvalue weighted by atomic mass is 79.9. The van der Waals surface area contributed by atoms with Crippen molar-refractivity contribution < 1.29 is 4.79 Å². The van der Waals surface area contributed by atoms with Gasteiger partial charge in [-0.3, -0.25) is 0 Å². The maximum absolute atomic E-state index is 9.13. The average Bonchev–Trinajstić information content (AvgIpc) is 1.69. The molecule has 0 saturated carbocycles. The molecule has 0 radical (unpaired) electrons. The topological polar surface area (TPSA) is 17.1 Å². The lowest BCUT2D eigenvalue weighted by Crippen LogP contribution is -1.61. The summed E-state index contributed by atoms with van der Waals surface area (Å²) in [6.45, 7) is 4.25. The van der Waals surface area contributed by atoms with Gasteiger partial charge in [-0.05, 0) is 0 Å². The van der Waals surface area contributed by atoms with Gasteiger partial charge < -0.3 is 4.79 Å². The molecule has 0 rings (SSSR count). The number of hydrogen-bond donors (Lipinski definition) is 0. The Morgan fingerprint density at radius 3 is 1.71 bits per heavy atom. The van der Waals surface area contributed by atoms with E-state index in [1.54, 1.807) is 0 Å². The fourth-order valence-electron chi connectivity index (χ4n) is 0. The van der Waals surface area contributed by atoms with Crippen molar-refractivity contribution in [2.24, 2.45) is 0 Å². The molecule has 0 aromatic rings. The van der Waals surface area contributed by atoms with Crippen LogP contribution in [0.5, 0.6) is 0 Å². The summed E-state index contributed by atoms with van der Waals surface area (Å²) in [6, 6.07) is 0. The molecule has 2 heteroatoms. The Balaban J connectivity index is 0. The molecule has 0 aliphatic carbocycles. The van der Waals surface area contributed by atoms with E-state index in [4.69, 9.17) is 4.79 Å². The summed E-state index contributed by atoms with van der Waals surface area (Å²) in [7, 11) is 0. The Kier molecular flexibility index (Phi) is 23.9. The van der Waals surface area contributed by atoms with Gasteiger partial charge in [0.2, 0.25) is 0 Å². The van der Waals surface area contributed by atoms with Crippen molar-refractivity contribution in [1.29, 1.82) is 0 Å². The van der Waals surface area contributed by atoms with E-state index in [1.807, 2.05) is 0 Å². The normalized spacial score (nSPS) is 6.14. The number of alkyl halides is 1. The number of carbonyl (C=O) groups excluding carboxylic acids is 1. The molecule has 0 aliphatic heterocycles. The van der Waals surface area contributed by atoms with Gasteiger partial charge in [0.25, 0.3) is 0 Å². The van der Waals surface area contributed by atoms with Crippen LogP contribution < -0.4 is 0 Å². The van der Waals surface area contributed by atoms with Crippen LogP contribution in [-0.4, -0.2) is 11.6 Å². The molecule has 0 spiro atoms. The number of hydrogen-bond acceptors (Lipinski definition) is 1. The molecule has 0 aromatic carbocycles. The third kappa shape index (κ3) is 80.1. The van der Waals surface area contributed by atoms with Crippen LogP contribution in [0.4, 0.5) is 0 Å². The second-order valence-electron chi connectivity index (χ2n) is 1.03. The predicted octanol–water partition coefficient (Wildman–Crippen LogP) is 2.00. The molecule has 0 saturated heterocycles. The summed E-state index contributed by atoms with van der Waals surface area (Å²) in [6.07, 6.45) is 2.04. The Bertz CT molecular complexity index is 29.3. The van der Waals surface area contributed by atoms with Gasteiger partial charge in [-0.2, -0.15) is 0 Å². The first-order valence-corrected chi connectivity index (χ1v) is 3.45. The molecule has 1 nitrogen and oxygen atoms in total. The lowest BCUT2D eigenvalue weighted by Gasteiger charge is -1.49. The van der Waals surface area contributed by atoms with Gasteiger partial charge in [-0.25, -0.2) is 0 Å². The summed E-state index contributed by atoms with van der Waals surface area (Å²) >= 11 is 2.88. The molecule has 0 amide bonds. The first kappa shape index (κ1) is 10.2. The molecule has 0 N–H and O–H groups in total. The molecule has 0 aromatic heterocycles. The van der Waals surface area contributed by atoms with Crippen molar-refractivity contribution in [3.05, 3.63) is 0 Å². The molecular weight excluding hydrogens is 156 g/mol. The Morgan fingerprint density at radius 1 is 1.57 bits per heavy atom. The summed E-state index contributed by atoms with van der Waals surface area (Å²) < 4.78 is 0. The van der Waals surface area contributed by atoms with E-state index in [0.717, 1.165) is 6.29 Å². The lowest BCUT2D eigenvalue weighted by atomic mass is 10.6. The largest absolute Gasteiger partial charge is 0.302 e. The van der Waals surface area contributed by atoms with Gasteiger partial charge in [0.15, 0.2) is 0 Å². The van der Waals surface area contributed by atoms with Crippen LogP contribution in [0.3, 0.4) is 0 Å². The zero-order valence-corrected chi connectivity index (χ0v) is 6.36. The van der Waals surface area contributed by atoms with E-state index in [1.165, 1.54) is 6.42 Å². The quantitative estimate of drug-likeness (QED) is 0.431. The van der Waals surface area contributed by atoms with Crippen LogP contribution in [0.2, 0.25) is 0 Å². The van der Waals surface area contributed by atoms with Crippen LogP contribution in [0.15, 0.2) is 0 Å². The molecule has 7 heavy (non-hydrogen) atoms. The number of rotatable bonds is 1. The predicted molar refractivity (Wildman–Crippen MR) is 35.8 cm³/mol. The van der Waals surface area contributed by atoms with Crippen LogP contribution >= 0.6 is 15.9 Å². The van der Waals surface area contributed by atoms with Crippen LogP contribution in [-0.2, 0) is 4.79 Å². The second kappa shape index (κ2) is 16.4. The zero-order chi connectivity index (χ0) is 6.12. The number of halogens is 1. The SMILES string of the molecule is CCC.O=CCBr. The van der Waals surface area contributed by atoms with E-state index in [2.05, 4.69) is 29.8 Å². The lowest BCUT2D eigenvalue weighted by molar-refractivity contribution is -0.105. The summed E-state index contributed by atoms with van der Waals surface area (Å²) in [5, 5.41) is 0.451. The highest BCUT2D eigenvalue weighted by Gasteiger charge is 1.55. The highest BCUT2D eigenvalue weighted by Crippen LogP contribution is 1.65. The Hall–Kier alpha value is 0.150. The molecule has 0 heterocycles. The third-order valence-electron chi connectivity index (χ3n) is 0.0630. The Morgan fingerprint density at radius 2 is 1.71 bits per heavy atom. The van der Waals surface area contributed by atoms with Gasteiger partial charge in [0.05, 0.1) is 5.33 Å². The van der Waals surface area contributed by atoms with E-state index < -0.39 is 0 Å². The van der Waals surface area contributed by atoms with Gasteiger partial charge in [-0.1, -0.05) is 36.2 Å². The van der Waals surface area contributed by atoms with Gasteiger partial charge in [-0.15, -0.1) is 0 Å². The maximum Gasteiger partial charge on any atom is 0.130 e. The van der Waals surface area contributed by atoms with E-state index >= 15 is 0 Å². The molecular formula is C5H11BrO. The third-order valence-corrected chi connectivity index (χ3v) is 0.327. The van der Waals surface area contributed by atoms with Crippen molar-refractivity contribution in [1.82, 2.24) is 0 Å². The molecule has 0 aliphatic rings. The number of aldehydes is 1. The summed E-state index contributed by atoms with van der Waals surface area (Å²) in [4.78, 5) is 9.13. The van der Waals surface area contributed by atoms with Crippen molar-refractivity contribution in [2.45, 2.75) is 20.3 Å². The highest BCUT2D eigenvalue weighted by molar-refractivity contribution is 9.09.